The lowest BCUT2D eigenvalue weighted by molar-refractivity contribution is -0.122. The molecular formula is C28H23ClN2O4. The Kier molecular flexibility index (Phi) is 6.29. The molecule has 0 saturated carbocycles. The molecule has 0 unspecified atom stereocenters. The second-order valence-corrected chi connectivity index (χ2v) is 8.78. The molecule has 4 aromatic carbocycles. The standard InChI is InChI=1S/C28H23ClN2O4/c1-34-26-13-7-21(29)16-25(26)31-17-20(15-27(31)32)28(33)30-22-8-11-23(12-9-22)35-24-10-6-18-4-2-3-5-19(18)14-24/h2-14,16,20H,15,17H2,1H3,(H,30,33)/t20-/m0/s1. The van der Waals surface area contributed by atoms with Crippen molar-refractivity contribution in [2.24, 2.45) is 5.92 Å². The van der Waals surface area contributed by atoms with Gasteiger partial charge in [-0.1, -0.05) is 41.9 Å². The summed E-state index contributed by atoms with van der Waals surface area (Å²) in [6, 6.07) is 26.3. The predicted octanol–water partition coefficient (Wildman–Crippen LogP) is 6.29. The summed E-state index contributed by atoms with van der Waals surface area (Å²) in [4.78, 5) is 27.1. The normalized spacial score (nSPS) is 15.3. The zero-order chi connectivity index (χ0) is 24.4. The van der Waals surface area contributed by atoms with Crippen LogP contribution in [0.1, 0.15) is 6.42 Å². The molecule has 1 aliphatic heterocycles. The van der Waals surface area contributed by atoms with E-state index in [0.717, 1.165) is 16.5 Å². The van der Waals surface area contributed by atoms with E-state index in [1.54, 1.807) is 47.4 Å². The first kappa shape index (κ1) is 22.7. The van der Waals surface area contributed by atoms with Gasteiger partial charge in [-0.3, -0.25) is 9.59 Å². The number of ether oxygens (including phenoxy) is 2. The van der Waals surface area contributed by atoms with Gasteiger partial charge in [0.05, 0.1) is 18.7 Å². The number of methoxy groups -OCH3 is 1. The van der Waals surface area contributed by atoms with Gasteiger partial charge in [-0.05, 0) is 65.4 Å². The van der Waals surface area contributed by atoms with E-state index in [1.807, 2.05) is 36.4 Å². The van der Waals surface area contributed by atoms with Crippen LogP contribution in [0.2, 0.25) is 5.02 Å². The maximum atomic E-state index is 12.9. The van der Waals surface area contributed by atoms with Crippen LogP contribution in [0.5, 0.6) is 17.2 Å². The lowest BCUT2D eigenvalue weighted by atomic mass is 10.1. The van der Waals surface area contributed by atoms with Gasteiger partial charge in [-0.15, -0.1) is 0 Å². The van der Waals surface area contributed by atoms with Gasteiger partial charge in [0.25, 0.3) is 0 Å². The van der Waals surface area contributed by atoms with E-state index in [-0.39, 0.29) is 24.8 Å². The summed E-state index contributed by atoms with van der Waals surface area (Å²) in [5.41, 5.74) is 1.20. The molecule has 0 spiro atoms. The van der Waals surface area contributed by atoms with Crippen LogP contribution in [0.25, 0.3) is 10.8 Å². The van der Waals surface area contributed by atoms with E-state index < -0.39 is 5.92 Å². The molecule has 4 aromatic rings. The SMILES string of the molecule is COc1ccc(Cl)cc1N1C[C@@H](C(=O)Nc2ccc(Oc3ccc4ccccc4c3)cc2)CC1=O. The first-order chi connectivity index (χ1) is 17.0. The molecule has 0 aliphatic carbocycles. The second-order valence-electron chi connectivity index (χ2n) is 8.35. The van der Waals surface area contributed by atoms with Gasteiger partial charge >= 0.3 is 0 Å². The smallest absolute Gasteiger partial charge is 0.229 e. The summed E-state index contributed by atoms with van der Waals surface area (Å²) in [6.07, 6.45) is 0.116. The summed E-state index contributed by atoms with van der Waals surface area (Å²) in [7, 11) is 1.53. The molecule has 1 saturated heterocycles. The highest BCUT2D eigenvalue weighted by Crippen LogP contribution is 2.35. The Bertz CT molecular complexity index is 1400. The molecular weight excluding hydrogens is 464 g/mol. The van der Waals surface area contributed by atoms with Crippen molar-refractivity contribution < 1.29 is 19.1 Å². The maximum Gasteiger partial charge on any atom is 0.229 e. The molecule has 5 rings (SSSR count). The van der Waals surface area contributed by atoms with E-state index in [1.165, 1.54) is 7.11 Å². The fourth-order valence-corrected chi connectivity index (χ4v) is 4.37. The summed E-state index contributed by atoms with van der Waals surface area (Å²) in [5.74, 6) is 1.08. The van der Waals surface area contributed by atoms with Crippen molar-refractivity contribution in [1.29, 1.82) is 0 Å². The lowest BCUT2D eigenvalue weighted by Crippen LogP contribution is -2.28. The van der Waals surface area contributed by atoms with Gasteiger partial charge in [0.2, 0.25) is 11.8 Å². The lowest BCUT2D eigenvalue weighted by Gasteiger charge is -2.20. The van der Waals surface area contributed by atoms with Gasteiger partial charge in [-0.2, -0.15) is 0 Å². The average Bonchev–Trinajstić information content (AvgIpc) is 3.26. The summed E-state index contributed by atoms with van der Waals surface area (Å²) in [6.45, 7) is 0.254. The van der Waals surface area contributed by atoms with Crippen molar-refractivity contribution in [2.45, 2.75) is 6.42 Å². The second kappa shape index (κ2) is 9.68. The molecule has 7 heteroatoms. The number of carbonyl (C=O) groups is 2. The fraction of sp³-hybridized carbons (Fsp3) is 0.143. The molecule has 2 amide bonds. The minimum absolute atomic E-state index is 0.116. The zero-order valence-electron chi connectivity index (χ0n) is 19.0. The Hall–Kier alpha value is -4.03. The van der Waals surface area contributed by atoms with Gasteiger partial charge < -0.3 is 19.7 Å². The van der Waals surface area contributed by atoms with E-state index in [2.05, 4.69) is 11.4 Å². The van der Waals surface area contributed by atoms with E-state index in [4.69, 9.17) is 21.1 Å². The largest absolute Gasteiger partial charge is 0.495 e. The van der Waals surface area contributed by atoms with Crippen LogP contribution in [0, 0.1) is 5.92 Å². The molecule has 0 bridgehead atoms. The number of nitrogens with zero attached hydrogens (tertiary/aromatic N) is 1. The summed E-state index contributed by atoms with van der Waals surface area (Å²) in [5, 5.41) is 5.64. The van der Waals surface area contributed by atoms with E-state index >= 15 is 0 Å². The molecule has 0 radical (unpaired) electrons. The Morgan fingerprint density at radius 1 is 0.943 bits per heavy atom. The third-order valence-electron chi connectivity index (χ3n) is 6.01. The number of hydrogen-bond acceptors (Lipinski definition) is 4. The Balaban J connectivity index is 1.23. The number of rotatable bonds is 6. The average molecular weight is 487 g/mol. The van der Waals surface area contributed by atoms with Gasteiger partial charge in [0.1, 0.15) is 17.2 Å². The number of benzene rings is 4. The van der Waals surface area contributed by atoms with Crippen molar-refractivity contribution in [1.82, 2.24) is 0 Å². The van der Waals surface area contributed by atoms with Crippen LogP contribution >= 0.6 is 11.6 Å². The summed E-state index contributed by atoms with van der Waals surface area (Å²) >= 11 is 6.11. The molecule has 6 nitrogen and oxygen atoms in total. The minimum atomic E-state index is -0.486. The van der Waals surface area contributed by atoms with E-state index in [9.17, 15) is 9.59 Å². The highest BCUT2D eigenvalue weighted by Gasteiger charge is 2.36. The van der Waals surface area contributed by atoms with Crippen LogP contribution in [0.3, 0.4) is 0 Å². The van der Waals surface area contributed by atoms with Crippen LogP contribution in [-0.2, 0) is 9.59 Å². The number of fused-ring (bicyclic) bond motifs is 1. The molecule has 35 heavy (non-hydrogen) atoms. The fourth-order valence-electron chi connectivity index (χ4n) is 4.21. The molecule has 1 heterocycles. The van der Waals surface area contributed by atoms with Crippen LogP contribution < -0.4 is 19.7 Å². The molecule has 0 aromatic heterocycles. The minimum Gasteiger partial charge on any atom is -0.495 e. The van der Waals surface area contributed by atoms with Crippen LogP contribution in [0.15, 0.2) is 84.9 Å². The maximum absolute atomic E-state index is 12.9. The van der Waals surface area contributed by atoms with Crippen LogP contribution in [-0.4, -0.2) is 25.5 Å². The Morgan fingerprint density at radius 3 is 2.46 bits per heavy atom. The monoisotopic (exact) mass is 486 g/mol. The third-order valence-corrected chi connectivity index (χ3v) is 6.24. The topological polar surface area (TPSA) is 67.9 Å². The number of halogens is 1. The zero-order valence-corrected chi connectivity index (χ0v) is 19.8. The van der Waals surface area contributed by atoms with E-state index in [0.29, 0.717) is 27.9 Å². The molecule has 1 N–H and O–H groups in total. The Labute approximate surface area is 208 Å². The highest BCUT2D eigenvalue weighted by molar-refractivity contribution is 6.31. The first-order valence-electron chi connectivity index (χ1n) is 11.2. The predicted molar refractivity (Wildman–Crippen MR) is 138 cm³/mol. The molecule has 176 valence electrons. The number of nitrogens with one attached hydrogen (secondary N) is 1. The van der Waals surface area contributed by atoms with Crippen molar-refractivity contribution >= 4 is 45.6 Å². The number of anilines is 2. The number of hydrogen-bond donors (Lipinski definition) is 1. The van der Waals surface area contributed by atoms with Crippen molar-refractivity contribution in [3.63, 3.8) is 0 Å². The van der Waals surface area contributed by atoms with Gasteiger partial charge in [-0.25, -0.2) is 0 Å². The molecule has 1 aliphatic rings. The Morgan fingerprint density at radius 2 is 1.69 bits per heavy atom. The third kappa shape index (κ3) is 4.93. The number of carbonyl (C=O) groups excluding carboxylic acids is 2. The van der Waals surface area contributed by atoms with Crippen molar-refractivity contribution in [3.05, 3.63) is 90.0 Å². The van der Waals surface area contributed by atoms with Crippen molar-refractivity contribution in [3.8, 4) is 17.2 Å². The quantitative estimate of drug-likeness (QED) is 0.348. The molecule has 1 fully saturated rings. The van der Waals surface area contributed by atoms with Gasteiger partial charge in [0, 0.05) is 23.7 Å². The molecule has 1 atom stereocenters. The van der Waals surface area contributed by atoms with Gasteiger partial charge in [0.15, 0.2) is 0 Å². The first-order valence-corrected chi connectivity index (χ1v) is 11.6. The highest BCUT2D eigenvalue weighted by atomic mass is 35.5. The summed E-state index contributed by atoms with van der Waals surface area (Å²) < 4.78 is 11.3. The number of amides is 2. The van der Waals surface area contributed by atoms with Crippen molar-refractivity contribution in [2.75, 3.05) is 23.9 Å². The van der Waals surface area contributed by atoms with Crippen LogP contribution in [0.4, 0.5) is 11.4 Å².